The van der Waals surface area contributed by atoms with E-state index in [0.29, 0.717) is 5.92 Å². The molecule has 15 heavy (non-hydrogen) atoms. The third-order valence-electron chi connectivity index (χ3n) is 2.72. The summed E-state index contributed by atoms with van der Waals surface area (Å²) in [4.78, 5) is 0. The lowest BCUT2D eigenvalue weighted by atomic mass is 9.96. The van der Waals surface area contributed by atoms with Gasteiger partial charge in [0.05, 0.1) is 0 Å². The molecule has 1 aliphatic rings. The minimum absolute atomic E-state index is 0.545. The zero-order valence-corrected chi connectivity index (χ0v) is 9.11. The average molecular weight is 199 g/mol. The summed E-state index contributed by atoms with van der Waals surface area (Å²) >= 11 is 0. The van der Waals surface area contributed by atoms with Crippen LogP contribution in [0.2, 0.25) is 0 Å². The van der Waals surface area contributed by atoms with Crippen LogP contribution in [0.5, 0.6) is 0 Å². The molecule has 0 bridgehead atoms. The quantitative estimate of drug-likeness (QED) is 0.788. The van der Waals surface area contributed by atoms with Gasteiger partial charge in [0.1, 0.15) is 0 Å². The van der Waals surface area contributed by atoms with Crippen LogP contribution in [0.15, 0.2) is 54.4 Å². The van der Waals surface area contributed by atoms with E-state index in [2.05, 4.69) is 60.9 Å². The third-order valence-corrected chi connectivity index (χ3v) is 2.72. The van der Waals surface area contributed by atoms with Gasteiger partial charge >= 0.3 is 0 Å². The molecule has 78 valence electrons. The van der Waals surface area contributed by atoms with E-state index in [1.807, 2.05) is 0 Å². The molecule has 1 unspecified atom stereocenters. The molecule has 1 heterocycles. The van der Waals surface area contributed by atoms with Crippen molar-refractivity contribution in [1.29, 1.82) is 0 Å². The van der Waals surface area contributed by atoms with Crippen LogP contribution in [0.3, 0.4) is 0 Å². The lowest BCUT2D eigenvalue weighted by molar-refractivity contribution is 0.745. The van der Waals surface area contributed by atoms with Gasteiger partial charge < -0.3 is 5.32 Å². The predicted octanol–water partition coefficient (Wildman–Crippen LogP) is 3.26. The SMILES string of the molecule is CCC1=CC(Cc2ccccc2)C=CN1. The largest absolute Gasteiger partial charge is 0.366 e. The number of nitrogens with one attached hydrogen (secondary N) is 1. The van der Waals surface area contributed by atoms with Crippen LogP contribution in [-0.2, 0) is 6.42 Å². The van der Waals surface area contributed by atoms with Gasteiger partial charge in [0.2, 0.25) is 0 Å². The fourth-order valence-corrected chi connectivity index (χ4v) is 1.87. The maximum atomic E-state index is 3.27. The monoisotopic (exact) mass is 199 g/mol. The van der Waals surface area contributed by atoms with E-state index in [4.69, 9.17) is 0 Å². The van der Waals surface area contributed by atoms with Gasteiger partial charge in [-0.2, -0.15) is 0 Å². The Kier molecular flexibility index (Phi) is 3.23. The number of benzene rings is 1. The second kappa shape index (κ2) is 4.83. The Morgan fingerprint density at radius 2 is 2.00 bits per heavy atom. The van der Waals surface area contributed by atoms with Crippen LogP contribution in [-0.4, -0.2) is 0 Å². The smallest absolute Gasteiger partial charge is 0.0109 e. The van der Waals surface area contributed by atoms with Gasteiger partial charge in [0, 0.05) is 11.6 Å². The fourth-order valence-electron chi connectivity index (χ4n) is 1.87. The maximum absolute atomic E-state index is 3.27. The van der Waals surface area contributed by atoms with Gasteiger partial charge in [-0.15, -0.1) is 0 Å². The lowest BCUT2D eigenvalue weighted by Crippen LogP contribution is -2.13. The molecule has 1 aromatic rings. The standard InChI is InChI=1S/C14H17N/c1-2-14-11-13(8-9-15-14)10-12-6-4-3-5-7-12/h3-9,11,13,15H,2,10H2,1H3. The second-order valence-corrected chi connectivity index (χ2v) is 3.90. The molecule has 1 aliphatic heterocycles. The van der Waals surface area contributed by atoms with Gasteiger partial charge in [0.15, 0.2) is 0 Å². The Morgan fingerprint density at radius 3 is 2.73 bits per heavy atom. The van der Waals surface area contributed by atoms with Crippen molar-refractivity contribution in [2.75, 3.05) is 0 Å². The maximum Gasteiger partial charge on any atom is 0.0109 e. The van der Waals surface area contributed by atoms with Crippen molar-refractivity contribution >= 4 is 0 Å². The molecular weight excluding hydrogens is 182 g/mol. The zero-order chi connectivity index (χ0) is 10.5. The van der Waals surface area contributed by atoms with Crippen molar-refractivity contribution in [2.45, 2.75) is 19.8 Å². The van der Waals surface area contributed by atoms with E-state index in [0.717, 1.165) is 12.8 Å². The van der Waals surface area contributed by atoms with E-state index in [1.54, 1.807) is 0 Å². The topological polar surface area (TPSA) is 12.0 Å². The van der Waals surface area contributed by atoms with Crippen molar-refractivity contribution in [1.82, 2.24) is 5.32 Å². The number of allylic oxidation sites excluding steroid dienone is 3. The summed E-state index contributed by atoms with van der Waals surface area (Å²) in [5.74, 6) is 0.545. The van der Waals surface area contributed by atoms with E-state index < -0.39 is 0 Å². The minimum atomic E-state index is 0.545. The summed E-state index contributed by atoms with van der Waals surface area (Å²) in [5, 5.41) is 3.27. The molecule has 0 fully saturated rings. The summed E-state index contributed by atoms with van der Waals surface area (Å²) in [6.45, 7) is 2.18. The normalized spacial score (nSPS) is 19.5. The molecule has 1 heteroatoms. The summed E-state index contributed by atoms with van der Waals surface area (Å²) in [6, 6.07) is 10.6. The Labute approximate surface area is 91.5 Å². The first-order chi connectivity index (χ1) is 7.38. The number of dihydropyridines is 1. The summed E-state index contributed by atoms with van der Waals surface area (Å²) in [6.07, 6.45) is 8.80. The van der Waals surface area contributed by atoms with Crippen molar-refractivity contribution in [3.63, 3.8) is 0 Å². The van der Waals surface area contributed by atoms with E-state index in [-0.39, 0.29) is 0 Å². The molecule has 0 aliphatic carbocycles. The molecular formula is C14H17N. The molecule has 1 atom stereocenters. The molecule has 1 nitrogen and oxygen atoms in total. The number of hydrogen-bond acceptors (Lipinski definition) is 1. The fraction of sp³-hybridized carbons (Fsp3) is 0.286. The predicted molar refractivity (Wildman–Crippen MR) is 64.3 cm³/mol. The zero-order valence-electron chi connectivity index (χ0n) is 9.11. The first-order valence-corrected chi connectivity index (χ1v) is 5.56. The van der Waals surface area contributed by atoms with Crippen LogP contribution in [0.1, 0.15) is 18.9 Å². The third kappa shape index (κ3) is 2.72. The Hall–Kier alpha value is -1.50. The van der Waals surface area contributed by atoms with Gasteiger partial charge in [-0.25, -0.2) is 0 Å². The first kappa shape index (κ1) is 10.0. The highest BCUT2D eigenvalue weighted by atomic mass is 14.9. The van der Waals surface area contributed by atoms with Crippen LogP contribution in [0.4, 0.5) is 0 Å². The van der Waals surface area contributed by atoms with Crippen molar-refractivity contribution < 1.29 is 0 Å². The van der Waals surface area contributed by atoms with E-state index in [1.165, 1.54) is 11.3 Å². The second-order valence-electron chi connectivity index (χ2n) is 3.90. The number of hydrogen-bond donors (Lipinski definition) is 1. The molecule has 0 saturated carbocycles. The Balaban J connectivity index is 2.03. The van der Waals surface area contributed by atoms with E-state index in [9.17, 15) is 0 Å². The summed E-state index contributed by atoms with van der Waals surface area (Å²) < 4.78 is 0. The van der Waals surface area contributed by atoms with Crippen LogP contribution >= 0.6 is 0 Å². The van der Waals surface area contributed by atoms with Gasteiger partial charge in [0.25, 0.3) is 0 Å². The Bertz CT molecular complexity index is 362. The molecule has 0 amide bonds. The summed E-state index contributed by atoms with van der Waals surface area (Å²) in [5.41, 5.74) is 2.74. The van der Waals surface area contributed by atoms with Crippen molar-refractivity contribution in [3.05, 3.63) is 59.9 Å². The van der Waals surface area contributed by atoms with Crippen LogP contribution < -0.4 is 5.32 Å². The van der Waals surface area contributed by atoms with Crippen LogP contribution in [0.25, 0.3) is 0 Å². The highest BCUT2D eigenvalue weighted by Crippen LogP contribution is 2.16. The Morgan fingerprint density at radius 1 is 1.20 bits per heavy atom. The molecule has 0 aromatic heterocycles. The molecule has 0 saturated heterocycles. The van der Waals surface area contributed by atoms with Gasteiger partial charge in [-0.1, -0.05) is 49.4 Å². The molecule has 0 radical (unpaired) electrons. The number of rotatable bonds is 3. The molecule has 1 N–H and O–H groups in total. The van der Waals surface area contributed by atoms with Crippen molar-refractivity contribution in [3.8, 4) is 0 Å². The average Bonchev–Trinajstić information content (AvgIpc) is 2.31. The van der Waals surface area contributed by atoms with E-state index >= 15 is 0 Å². The van der Waals surface area contributed by atoms with Gasteiger partial charge in [-0.05, 0) is 24.6 Å². The highest BCUT2D eigenvalue weighted by Gasteiger charge is 2.07. The molecule has 1 aromatic carbocycles. The first-order valence-electron chi connectivity index (χ1n) is 5.56. The minimum Gasteiger partial charge on any atom is -0.366 e. The lowest BCUT2D eigenvalue weighted by Gasteiger charge is -2.16. The molecule has 2 rings (SSSR count). The van der Waals surface area contributed by atoms with Crippen molar-refractivity contribution in [2.24, 2.45) is 5.92 Å². The van der Waals surface area contributed by atoms with Gasteiger partial charge in [-0.3, -0.25) is 0 Å². The molecule has 0 spiro atoms. The summed E-state index contributed by atoms with van der Waals surface area (Å²) in [7, 11) is 0. The van der Waals surface area contributed by atoms with Crippen LogP contribution in [0, 0.1) is 5.92 Å². The highest BCUT2D eigenvalue weighted by molar-refractivity contribution is 5.21.